The lowest BCUT2D eigenvalue weighted by atomic mass is 10.1. The minimum absolute atomic E-state index is 0.127. The van der Waals surface area contributed by atoms with Gasteiger partial charge in [-0.05, 0) is 18.6 Å². The van der Waals surface area contributed by atoms with Crippen molar-refractivity contribution in [1.82, 2.24) is 10.6 Å². The number of esters is 2. The summed E-state index contributed by atoms with van der Waals surface area (Å²) in [6.45, 7) is 3.93. The van der Waals surface area contributed by atoms with E-state index >= 15 is 0 Å². The van der Waals surface area contributed by atoms with Gasteiger partial charge in [0.05, 0.1) is 23.6 Å². The Labute approximate surface area is 166 Å². The topological polar surface area (TPSA) is 137 Å². The summed E-state index contributed by atoms with van der Waals surface area (Å²) in [6.07, 6.45) is 1.73. The molecule has 29 heavy (non-hydrogen) atoms. The van der Waals surface area contributed by atoms with Crippen molar-refractivity contribution in [2.45, 2.75) is 30.5 Å². The number of nitro groups is 1. The molecule has 1 saturated heterocycles. The van der Waals surface area contributed by atoms with Crippen molar-refractivity contribution in [3.63, 3.8) is 0 Å². The predicted octanol–water partition coefficient (Wildman–Crippen LogP) is 0.716. The van der Waals surface area contributed by atoms with Crippen molar-refractivity contribution in [3.05, 3.63) is 52.6 Å². The summed E-state index contributed by atoms with van der Waals surface area (Å²) in [5.74, 6) is -1.72. The summed E-state index contributed by atoms with van der Waals surface area (Å²) in [5.41, 5.74) is -1.03. The number of non-ortho nitro benzene ring substituents is 1. The SMILES string of the molecule is C=C[C@@H]1CC1(NC(=O)[C@@H]1C[C@H](OC(=O)c2ccc([N+](=O)[O-])cc2)CN1)C(=O)OC. The normalized spacial score (nSPS) is 27.6. The van der Waals surface area contributed by atoms with Crippen LogP contribution in [0.5, 0.6) is 0 Å². The monoisotopic (exact) mass is 403 g/mol. The lowest BCUT2D eigenvalue weighted by Gasteiger charge is -2.19. The number of rotatable bonds is 7. The number of benzene rings is 1. The second-order valence-corrected chi connectivity index (χ2v) is 7.03. The average Bonchev–Trinajstić information content (AvgIpc) is 3.23. The molecule has 2 N–H and O–H groups in total. The maximum atomic E-state index is 12.6. The van der Waals surface area contributed by atoms with E-state index in [9.17, 15) is 24.5 Å². The van der Waals surface area contributed by atoms with E-state index in [2.05, 4.69) is 17.2 Å². The zero-order valence-corrected chi connectivity index (χ0v) is 15.8. The van der Waals surface area contributed by atoms with Gasteiger partial charge in [-0.1, -0.05) is 6.08 Å². The molecule has 0 spiro atoms. The van der Waals surface area contributed by atoms with Crippen LogP contribution in [0.4, 0.5) is 5.69 Å². The van der Waals surface area contributed by atoms with E-state index in [0.717, 1.165) is 0 Å². The summed E-state index contributed by atoms with van der Waals surface area (Å²) in [7, 11) is 1.26. The number of methoxy groups -OCH3 is 1. The van der Waals surface area contributed by atoms with Crippen LogP contribution in [0.3, 0.4) is 0 Å². The van der Waals surface area contributed by atoms with Crippen molar-refractivity contribution in [2.24, 2.45) is 5.92 Å². The quantitative estimate of drug-likeness (QED) is 0.294. The number of ether oxygens (including phenoxy) is 2. The highest BCUT2D eigenvalue weighted by Gasteiger charge is 2.61. The van der Waals surface area contributed by atoms with Crippen LogP contribution >= 0.6 is 0 Å². The number of amides is 1. The first-order chi connectivity index (χ1) is 13.8. The number of nitro benzene ring substituents is 1. The van der Waals surface area contributed by atoms with Crippen LogP contribution in [-0.4, -0.2) is 54.1 Å². The third-order valence-electron chi connectivity index (χ3n) is 5.19. The molecule has 1 aliphatic carbocycles. The number of carbonyl (C=O) groups is 3. The van der Waals surface area contributed by atoms with Crippen LogP contribution in [0.25, 0.3) is 0 Å². The molecule has 1 unspecified atom stereocenters. The second-order valence-electron chi connectivity index (χ2n) is 7.03. The maximum Gasteiger partial charge on any atom is 0.338 e. The highest BCUT2D eigenvalue weighted by Crippen LogP contribution is 2.45. The van der Waals surface area contributed by atoms with Crippen molar-refractivity contribution in [2.75, 3.05) is 13.7 Å². The largest absolute Gasteiger partial charge is 0.467 e. The van der Waals surface area contributed by atoms with Gasteiger partial charge in [-0.15, -0.1) is 6.58 Å². The summed E-state index contributed by atoms with van der Waals surface area (Å²) >= 11 is 0. The van der Waals surface area contributed by atoms with Gasteiger partial charge in [-0.3, -0.25) is 14.9 Å². The molecule has 2 fully saturated rings. The Kier molecular flexibility index (Phi) is 5.64. The molecule has 0 aromatic heterocycles. The molecule has 1 heterocycles. The zero-order valence-electron chi connectivity index (χ0n) is 15.8. The molecule has 1 aromatic carbocycles. The van der Waals surface area contributed by atoms with Gasteiger partial charge in [-0.25, -0.2) is 9.59 Å². The molecular formula is C19H21N3O7. The summed E-state index contributed by atoms with van der Waals surface area (Å²) in [4.78, 5) is 46.9. The van der Waals surface area contributed by atoms with Crippen molar-refractivity contribution in [1.29, 1.82) is 0 Å². The molecule has 154 valence electrons. The lowest BCUT2D eigenvalue weighted by molar-refractivity contribution is -0.384. The van der Waals surface area contributed by atoms with Crippen molar-refractivity contribution in [3.8, 4) is 0 Å². The first kappa shape index (κ1) is 20.5. The minimum atomic E-state index is -1.08. The standard InChI is InChI=1S/C19H21N3O7/c1-3-12-9-19(12,18(25)28-2)21-16(23)15-8-14(10-20-15)29-17(24)11-4-6-13(7-5-11)22(26)27/h3-7,12,14-15,20H,1,8-10H2,2H3,(H,21,23)/t12-,14+,15+,19?/m1/s1. The molecule has 1 amide bonds. The molecule has 1 aliphatic heterocycles. The Bertz CT molecular complexity index is 854. The van der Waals surface area contributed by atoms with E-state index < -0.39 is 34.5 Å². The number of nitrogens with one attached hydrogen (secondary N) is 2. The Hall–Kier alpha value is -3.27. The number of hydrogen-bond acceptors (Lipinski definition) is 8. The Morgan fingerprint density at radius 1 is 1.34 bits per heavy atom. The van der Waals surface area contributed by atoms with Gasteiger partial charge in [-0.2, -0.15) is 0 Å². The van der Waals surface area contributed by atoms with Crippen LogP contribution < -0.4 is 10.6 Å². The van der Waals surface area contributed by atoms with Crippen LogP contribution in [0.2, 0.25) is 0 Å². The minimum Gasteiger partial charge on any atom is -0.467 e. The Balaban J connectivity index is 1.55. The predicted molar refractivity (Wildman–Crippen MR) is 99.9 cm³/mol. The molecule has 2 aliphatic rings. The lowest BCUT2D eigenvalue weighted by Crippen LogP contribution is -2.51. The van der Waals surface area contributed by atoms with E-state index in [1.807, 2.05) is 0 Å². The number of hydrogen-bond donors (Lipinski definition) is 2. The summed E-state index contributed by atoms with van der Waals surface area (Å²) in [6, 6.07) is 4.44. The summed E-state index contributed by atoms with van der Waals surface area (Å²) < 4.78 is 10.2. The fraction of sp³-hybridized carbons (Fsp3) is 0.421. The van der Waals surface area contributed by atoms with E-state index in [4.69, 9.17) is 9.47 Å². The van der Waals surface area contributed by atoms with Gasteiger partial charge >= 0.3 is 11.9 Å². The molecule has 3 rings (SSSR count). The molecule has 10 nitrogen and oxygen atoms in total. The van der Waals surface area contributed by atoms with Crippen LogP contribution in [-0.2, 0) is 19.1 Å². The van der Waals surface area contributed by atoms with Gasteiger partial charge in [0.15, 0.2) is 0 Å². The zero-order chi connectivity index (χ0) is 21.2. The van der Waals surface area contributed by atoms with Crippen LogP contribution in [0, 0.1) is 16.0 Å². The Morgan fingerprint density at radius 3 is 2.59 bits per heavy atom. The first-order valence-electron chi connectivity index (χ1n) is 9.02. The van der Waals surface area contributed by atoms with E-state index in [-0.39, 0.29) is 36.0 Å². The van der Waals surface area contributed by atoms with E-state index in [0.29, 0.717) is 6.42 Å². The van der Waals surface area contributed by atoms with E-state index in [1.165, 1.54) is 31.4 Å². The summed E-state index contributed by atoms with van der Waals surface area (Å²) in [5, 5.41) is 16.4. The average molecular weight is 403 g/mol. The maximum absolute atomic E-state index is 12.6. The number of carbonyl (C=O) groups excluding carboxylic acids is 3. The highest BCUT2D eigenvalue weighted by atomic mass is 16.6. The molecule has 1 aromatic rings. The van der Waals surface area contributed by atoms with Crippen molar-refractivity contribution >= 4 is 23.5 Å². The first-order valence-corrected chi connectivity index (χ1v) is 9.02. The molecule has 1 saturated carbocycles. The van der Waals surface area contributed by atoms with Gasteiger partial charge in [0.2, 0.25) is 5.91 Å². The van der Waals surface area contributed by atoms with Crippen molar-refractivity contribution < 1.29 is 28.8 Å². The fourth-order valence-corrected chi connectivity index (χ4v) is 3.42. The van der Waals surface area contributed by atoms with Crippen LogP contribution in [0.15, 0.2) is 36.9 Å². The third kappa shape index (κ3) is 4.11. The number of nitrogens with zero attached hydrogens (tertiary/aromatic N) is 1. The highest BCUT2D eigenvalue weighted by molar-refractivity contribution is 5.94. The molecule has 0 radical (unpaired) electrons. The second kappa shape index (κ2) is 8.00. The smallest absolute Gasteiger partial charge is 0.338 e. The van der Waals surface area contributed by atoms with Crippen LogP contribution in [0.1, 0.15) is 23.2 Å². The molecular weight excluding hydrogens is 382 g/mol. The van der Waals surface area contributed by atoms with Gasteiger partial charge in [0.1, 0.15) is 11.6 Å². The molecule has 10 heteroatoms. The van der Waals surface area contributed by atoms with Gasteiger partial charge in [0, 0.05) is 31.0 Å². The van der Waals surface area contributed by atoms with Gasteiger partial charge < -0.3 is 20.1 Å². The van der Waals surface area contributed by atoms with E-state index in [1.54, 1.807) is 6.08 Å². The third-order valence-corrected chi connectivity index (χ3v) is 5.19. The van der Waals surface area contributed by atoms with Gasteiger partial charge in [0.25, 0.3) is 5.69 Å². The molecule has 4 atom stereocenters. The fourth-order valence-electron chi connectivity index (χ4n) is 3.42. The molecule has 0 bridgehead atoms. The Morgan fingerprint density at radius 2 is 2.03 bits per heavy atom.